The number of carbonyl (C=O) groups excluding carboxylic acids is 3. The molecule has 6 heterocycles. The molecule has 0 atom stereocenters. The van der Waals surface area contributed by atoms with Crippen LogP contribution in [-0.4, -0.2) is 95.1 Å². The van der Waals surface area contributed by atoms with Crippen molar-refractivity contribution >= 4 is 52.5 Å². The number of likely N-dealkylation sites (tertiary alicyclic amines) is 2. The highest BCUT2D eigenvalue weighted by Crippen LogP contribution is 2.27. The van der Waals surface area contributed by atoms with Gasteiger partial charge in [-0.2, -0.15) is 0 Å². The summed E-state index contributed by atoms with van der Waals surface area (Å²) < 4.78 is 37.0. The molecule has 9 rings (SSSR count). The van der Waals surface area contributed by atoms with Crippen LogP contribution < -0.4 is 21.7 Å². The number of halogens is 2. The van der Waals surface area contributed by atoms with Gasteiger partial charge in [0.1, 0.15) is 18.2 Å². The minimum Gasteiger partial charge on any atom is -0.444 e. The third kappa shape index (κ3) is 10.4. The van der Waals surface area contributed by atoms with E-state index in [0.717, 1.165) is 38.4 Å². The highest BCUT2D eigenvalue weighted by atomic mass is 19.1. The van der Waals surface area contributed by atoms with Crippen LogP contribution in [-0.2, 0) is 11.3 Å². The Morgan fingerprint density at radius 1 is 0.677 bits per heavy atom. The fraction of sp³-hybridized carbons (Fsp3) is 0.233. The number of aliphatic hydroxyl groups excluding tert-OH is 1. The molecule has 2 fully saturated rings. The number of nitrogens with zero attached hydrogens (tertiary/aromatic N) is 8. The van der Waals surface area contributed by atoms with Crippen molar-refractivity contribution < 1.29 is 33.0 Å². The van der Waals surface area contributed by atoms with E-state index in [9.17, 15) is 23.2 Å². The van der Waals surface area contributed by atoms with Crippen molar-refractivity contribution in [1.29, 1.82) is 0 Å². The number of nitrogen functional groups attached to an aromatic ring is 1. The second-order valence-corrected chi connectivity index (χ2v) is 14.2. The Kier molecular flexibility index (Phi) is 13.4. The molecule has 0 aliphatic carbocycles. The summed E-state index contributed by atoms with van der Waals surface area (Å²) >= 11 is 0. The van der Waals surface area contributed by atoms with Gasteiger partial charge in [0.05, 0.1) is 46.5 Å². The van der Waals surface area contributed by atoms with Crippen LogP contribution in [0.4, 0.5) is 45.9 Å². The van der Waals surface area contributed by atoms with Gasteiger partial charge in [0.2, 0.25) is 11.6 Å². The number of anilines is 4. The maximum Gasteiger partial charge on any atom is 0.412 e. The normalized spacial score (nSPS) is 13.2. The molecule has 5 amide bonds. The van der Waals surface area contributed by atoms with E-state index < -0.39 is 17.7 Å². The van der Waals surface area contributed by atoms with Gasteiger partial charge in [-0.05, 0) is 67.6 Å². The molecule has 4 aromatic heterocycles. The van der Waals surface area contributed by atoms with Gasteiger partial charge in [-0.3, -0.25) is 14.1 Å². The van der Waals surface area contributed by atoms with Crippen molar-refractivity contribution in [2.45, 2.75) is 32.3 Å². The van der Waals surface area contributed by atoms with E-state index in [1.54, 1.807) is 67.7 Å². The summed E-state index contributed by atoms with van der Waals surface area (Å²) in [5, 5.41) is 14.9. The molecule has 0 spiro atoms. The number of ether oxygens (including phenoxy) is 1. The summed E-state index contributed by atoms with van der Waals surface area (Å²) in [6.45, 7) is 2.89. The minimum atomic E-state index is -0.604. The first-order chi connectivity index (χ1) is 30.1. The molecule has 0 bridgehead atoms. The van der Waals surface area contributed by atoms with Gasteiger partial charge < -0.3 is 36.0 Å². The Balaban J connectivity index is 0.000000189. The van der Waals surface area contributed by atoms with Crippen LogP contribution in [0.1, 0.15) is 31.2 Å². The van der Waals surface area contributed by atoms with E-state index in [0.29, 0.717) is 71.6 Å². The average Bonchev–Trinajstić information content (AvgIpc) is 4.14. The number of fused-ring (bicyclic) bond motifs is 2. The number of hydrogen-bond donors (Lipinski definition) is 5. The second-order valence-electron chi connectivity index (χ2n) is 14.2. The van der Waals surface area contributed by atoms with Gasteiger partial charge in [0.15, 0.2) is 0 Å². The van der Waals surface area contributed by atoms with Crippen molar-refractivity contribution in [3.05, 3.63) is 121 Å². The van der Waals surface area contributed by atoms with E-state index in [1.807, 2.05) is 30.3 Å². The molecule has 2 aliphatic heterocycles. The van der Waals surface area contributed by atoms with Crippen LogP contribution in [0.15, 0.2) is 104 Å². The molecule has 62 heavy (non-hydrogen) atoms. The molecule has 2 aliphatic rings. The lowest BCUT2D eigenvalue weighted by atomic mass is 10.1. The Morgan fingerprint density at radius 2 is 1.18 bits per heavy atom. The first-order valence-electron chi connectivity index (χ1n) is 19.7. The first kappa shape index (κ1) is 42.5. The zero-order valence-electron chi connectivity index (χ0n) is 33.7. The number of imidazole rings is 2. The summed E-state index contributed by atoms with van der Waals surface area (Å²) in [6.07, 6.45) is 13.1. The highest BCUT2D eigenvalue weighted by molar-refractivity contribution is 5.91. The molecule has 0 saturated carbocycles. The quantitative estimate of drug-likeness (QED) is 0.108. The summed E-state index contributed by atoms with van der Waals surface area (Å²) in [4.78, 5) is 57.4. The van der Waals surface area contributed by atoms with Gasteiger partial charge in [0, 0.05) is 69.2 Å². The monoisotopic (exact) mass is 846 g/mol. The maximum atomic E-state index is 14.4. The zero-order valence-corrected chi connectivity index (χ0v) is 33.7. The number of carbonyl (C=O) groups is 3. The number of urea groups is 2. The van der Waals surface area contributed by atoms with Crippen molar-refractivity contribution in [3.8, 4) is 22.5 Å². The largest absolute Gasteiger partial charge is 0.444 e. The van der Waals surface area contributed by atoms with Crippen molar-refractivity contribution in [1.82, 2.24) is 38.5 Å². The van der Waals surface area contributed by atoms with E-state index in [4.69, 9.17) is 15.6 Å². The number of benzene rings is 3. The van der Waals surface area contributed by atoms with Gasteiger partial charge >= 0.3 is 18.2 Å². The van der Waals surface area contributed by atoms with E-state index in [2.05, 4.69) is 35.9 Å². The zero-order chi connectivity index (χ0) is 43.6. The molecule has 6 N–H and O–H groups in total. The predicted octanol–water partition coefficient (Wildman–Crippen LogP) is 7.27. The Morgan fingerprint density at radius 3 is 1.71 bits per heavy atom. The standard InChI is InChI=1S/C25H23FN6O3.C17H17FN6O.CH4O/c26-20-9-8-18(12-21(20)30-24(33)31-10-4-5-11-31)22-15-32-14-19(13-27-23(32)29-22)28-25(34)35-16-17-6-2-1-3-7-17;18-13-4-3-11(7-14(13)22-17(25)23-5-1-2-6-23)15-10-24-9-12(19)8-20-16(24)21-15;1-2/h1-3,6-9,12-15H,4-5,10-11,16H2,(H,28,34)(H,30,33);3-4,7-10H,1-2,5-6,19H2,(H,22,25);2H,1H3. The number of aliphatic hydroxyl groups is 1. The third-order valence-electron chi connectivity index (χ3n) is 9.89. The van der Waals surface area contributed by atoms with Gasteiger partial charge in [-0.1, -0.05) is 30.3 Å². The number of aromatic nitrogens is 6. The topological polar surface area (TPSA) is 210 Å². The lowest BCUT2D eigenvalue weighted by molar-refractivity contribution is 0.155. The molecule has 3 aromatic carbocycles. The molecular formula is C43H44F2N12O5. The average molecular weight is 847 g/mol. The molecular weight excluding hydrogens is 803 g/mol. The van der Waals surface area contributed by atoms with E-state index >= 15 is 0 Å². The van der Waals surface area contributed by atoms with Crippen LogP contribution in [0.5, 0.6) is 0 Å². The van der Waals surface area contributed by atoms with Crippen LogP contribution in [0.3, 0.4) is 0 Å². The number of rotatable bonds is 7. The van der Waals surface area contributed by atoms with Crippen molar-refractivity contribution in [2.24, 2.45) is 0 Å². The Labute approximate surface area is 354 Å². The molecule has 19 heteroatoms. The molecule has 7 aromatic rings. The van der Waals surface area contributed by atoms with Crippen molar-refractivity contribution in [2.75, 3.05) is 55.0 Å². The molecule has 0 radical (unpaired) electrons. The fourth-order valence-corrected chi connectivity index (χ4v) is 6.79. The first-order valence-corrected chi connectivity index (χ1v) is 19.7. The molecule has 2 saturated heterocycles. The molecule has 320 valence electrons. The summed E-state index contributed by atoms with van der Waals surface area (Å²) in [7, 11) is 1.00. The number of nitrogens with two attached hydrogens (primary N) is 1. The highest BCUT2D eigenvalue weighted by Gasteiger charge is 2.21. The summed E-state index contributed by atoms with van der Waals surface area (Å²) in [5.41, 5.74) is 10.2. The Bertz CT molecular complexity index is 2680. The van der Waals surface area contributed by atoms with Gasteiger partial charge in [-0.15, -0.1) is 0 Å². The molecule has 17 nitrogen and oxygen atoms in total. The Hall–Kier alpha value is -7.67. The van der Waals surface area contributed by atoms with Crippen LogP contribution in [0, 0.1) is 11.6 Å². The van der Waals surface area contributed by atoms with Gasteiger partial charge in [-0.25, -0.2) is 43.1 Å². The predicted molar refractivity (Wildman–Crippen MR) is 229 cm³/mol. The number of amides is 5. The number of nitrogens with one attached hydrogen (secondary N) is 3. The lowest BCUT2D eigenvalue weighted by Crippen LogP contribution is -2.32. The lowest BCUT2D eigenvalue weighted by Gasteiger charge is -2.16. The third-order valence-corrected chi connectivity index (χ3v) is 9.89. The van der Waals surface area contributed by atoms with Crippen LogP contribution in [0.25, 0.3) is 34.1 Å². The van der Waals surface area contributed by atoms with Crippen LogP contribution in [0.2, 0.25) is 0 Å². The van der Waals surface area contributed by atoms with Gasteiger partial charge in [0.25, 0.3) is 0 Å². The SMILES string of the molecule is CO.Nc1cnc2nc(-c3ccc(F)c(NC(=O)N4CCCC4)c3)cn2c1.O=C(Nc1cnc2nc(-c3ccc(F)c(NC(=O)N4CCCC4)c3)cn2c1)OCc1ccccc1. The smallest absolute Gasteiger partial charge is 0.412 e. The van der Waals surface area contributed by atoms with E-state index in [1.165, 1.54) is 24.5 Å². The van der Waals surface area contributed by atoms with Crippen molar-refractivity contribution in [3.63, 3.8) is 0 Å². The summed E-state index contributed by atoms with van der Waals surface area (Å²) in [5.74, 6) is -0.113. The minimum absolute atomic E-state index is 0.0907. The van der Waals surface area contributed by atoms with Crippen LogP contribution >= 0.6 is 0 Å². The fourth-order valence-electron chi connectivity index (χ4n) is 6.79. The van der Waals surface area contributed by atoms with E-state index in [-0.39, 0.29) is 30.0 Å². The maximum absolute atomic E-state index is 14.4. The molecule has 0 unspecified atom stereocenters. The summed E-state index contributed by atoms with van der Waals surface area (Å²) in [6, 6.07) is 17.7. The number of hydrogen-bond acceptors (Lipinski definition) is 10. The second kappa shape index (κ2) is 19.6.